The molecule has 0 aliphatic carbocycles. The predicted octanol–water partition coefficient (Wildman–Crippen LogP) is 4.03. The van der Waals surface area contributed by atoms with Crippen molar-refractivity contribution in [3.63, 3.8) is 0 Å². The van der Waals surface area contributed by atoms with Crippen LogP contribution in [0, 0.1) is 6.92 Å². The molecule has 8 nitrogen and oxygen atoms in total. The number of nitrogens with one attached hydrogen (secondary N) is 1. The molecule has 0 saturated heterocycles. The molecule has 0 bridgehead atoms. The second-order valence-electron chi connectivity index (χ2n) is 9.11. The van der Waals surface area contributed by atoms with Crippen LogP contribution < -0.4 is 15.2 Å². The molecule has 0 radical (unpaired) electrons. The van der Waals surface area contributed by atoms with E-state index < -0.39 is 6.04 Å². The number of aryl methyl sites for hydroxylation is 1. The van der Waals surface area contributed by atoms with Crippen molar-refractivity contribution in [1.82, 2.24) is 25.2 Å². The topological polar surface area (TPSA) is 88.9 Å². The molecule has 3 heterocycles. The first kappa shape index (κ1) is 22.0. The molecule has 0 saturated carbocycles. The van der Waals surface area contributed by atoms with E-state index in [9.17, 15) is 4.79 Å². The van der Waals surface area contributed by atoms with E-state index in [0.717, 1.165) is 46.4 Å². The Labute approximate surface area is 208 Å². The number of aromatic amines is 1. The van der Waals surface area contributed by atoms with E-state index >= 15 is 0 Å². The van der Waals surface area contributed by atoms with Gasteiger partial charge in [0.15, 0.2) is 5.82 Å². The zero-order valence-corrected chi connectivity index (χ0v) is 20.2. The van der Waals surface area contributed by atoms with Gasteiger partial charge >= 0.3 is 0 Å². The number of benzene rings is 3. The van der Waals surface area contributed by atoms with Gasteiger partial charge in [-0.3, -0.25) is 4.79 Å². The van der Waals surface area contributed by atoms with Crippen molar-refractivity contribution >= 4 is 16.6 Å². The van der Waals surface area contributed by atoms with E-state index in [0.29, 0.717) is 17.9 Å². The minimum Gasteiger partial charge on any atom is -0.497 e. The molecule has 180 valence electrons. The summed E-state index contributed by atoms with van der Waals surface area (Å²) in [4.78, 5) is 18.9. The van der Waals surface area contributed by atoms with Gasteiger partial charge in [0.1, 0.15) is 11.8 Å². The number of nitrogens with zero attached hydrogens (tertiary/aromatic N) is 5. The second kappa shape index (κ2) is 8.96. The van der Waals surface area contributed by atoms with E-state index in [1.165, 1.54) is 5.56 Å². The number of aromatic nitrogens is 5. The Kier molecular flexibility index (Phi) is 5.48. The fourth-order valence-electron chi connectivity index (χ4n) is 5.11. The lowest BCUT2D eigenvalue weighted by molar-refractivity contribution is 0.414. The molecule has 6 rings (SSSR count). The Morgan fingerprint density at radius 2 is 1.89 bits per heavy atom. The first-order valence-electron chi connectivity index (χ1n) is 12.0. The number of tetrazole rings is 1. The van der Waals surface area contributed by atoms with Crippen LogP contribution in [-0.4, -0.2) is 38.8 Å². The number of rotatable bonds is 6. The normalized spacial score (nSPS) is 13.7. The molecule has 1 aliphatic heterocycles. The summed E-state index contributed by atoms with van der Waals surface area (Å²) in [7, 11) is 1.65. The van der Waals surface area contributed by atoms with Crippen molar-refractivity contribution in [3.05, 3.63) is 111 Å². The van der Waals surface area contributed by atoms with Crippen molar-refractivity contribution in [3.8, 4) is 5.75 Å². The van der Waals surface area contributed by atoms with Crippen molar-refractivity contribution in [2.45, 2.75) is 25.9 Å². The van der Waals surface area contributed by atoms with Crippen LogP contribution in [0.25, 0.3) is 10.9 Å². The van der Waals surface area contributed by atoms with E-state index in [1.54, 1.807) is 11.8 Å². The van der Waals surface area contributed by atoms with Crippen LogP contribution in [0.5, 0.6) is 5.75 Å². The summed E-state index contributed by atoms with van der Waals surface area (Å²) in [5.41, 5.74) is 5.76. The Bertz CT molecular complexity index is 1610. The van der Waals surface area contributed by atoms with Gasteiger partial charge in [-0.15, -0.1) is 5.10 Å². The third-order valence-corrected chi connectivity index (χ3v) is 6.94. The Morgan fingerprint density at radius 1 is 1.06 bits per heavy atom. The summed E-state index contributed by atoms with van der Waals surface area (Å²) in [6.45, 7) is 3.25. The highest BCUT2D eigenvalue weighted by Gasteiger charge is 2.34. The summed E-state index contributed by atoms with van der Waals surface area (Å²) in [5, 5.41) is 13.8. The number of hydrogen-bond acceptors (Lipinski definition) is 6. The molecule has 0 spiro atoms. The third kappa shape index (κ3) is 3.80. The molecule has 2 aromatic heterocycles. The smallest absolute Gasteiger partial charge is 0.254 e. The SMILES string of the molecule is COc1ccc(Cn2nnnc2[C@H](c2cc3cccc(C)c3[nH]c2=O)N2CCc3ccccc32)cc1. The minimum atomic E-state index is -0.449. The maximum absolute atomic E-state index is 13.6. The average molecular weight is 479 g/mol. The van der Waals surface area contributed by atoms with Gasteiger partial charge in [-0.1, -0.05) is 48.5 Å². The van der Waals surface area contributed by atoms with Gasteiger partial charge in [-0.05, 0) is 70.1 Å². The summed E-state index contributed by atoms with van der Waals surface area (Å²) in [6.07, 6.45) is 0.900. The maximum Gasteiger partial charge on any atom is 0.254 e. The summed E-state index contributed by atoms with van der Waals surface area (Å²) < 4.78 is 7.07. The number of para-hydroxylation sites is 2. The lowest BCUT2D eigenvalue weighted by Crippen LogP contribution is -2.34. The highest BCUT2D eigenvalue weighted by Crippen LogP contribution is 2.37. The number of anilines is 1. The van der Waals surface area contributed by atoms with Crippen molar-refractivity contribution in [2.24, 2.45) is 0 Å². The van der Waals surface area contributed by atoms with Crippen molar-refractivity contribution in [1.29, 1.82) is 0 Å². The molecule has 5 aromatic rings. The summed E-state index contributed by atoms with van der Waals surface area (Å²) in [5.74, 6) is 1.42. The molecule has 1 atom stereocenters. The molecule has 36 heavy (non-hydrogen) atoms. The highest BCUT2D eigenvalue weighted by atomic mass is 16.5. The molecular weight excluding hydrogens is 452 g/mol. The number of fused-ring (bicyclic) bond motifs is 2. The Hall–Kier alpha value is -4.46. The first-order chi connectivity index (χ1) is 17.6. The molecule has 3 aromatic carbocycles. The minimum absolute atomic E-state index is 0.134. The second-order valence-corrected chi connectivity index (χ2v) is 9.11. The van der Waals surface area contributed by atoms with Gasteiger partial charge in [-0.2, -0.15) is 0 Å². The van der Waals surface area contributed by atoms with Gasteiger partial charge in [0, 0.05) is 17.8 Å². The van der Waals surface area contributed by atoms with Gasteiger partial charge in [0.25, 0.3) is 5.56 Å². The van der Waals surface area contributed by atoms with Crippen LogP contribution in [0.2, 0.25) is 0 Å². The highest BCUT2D eigenvalue weighted by molar-refractivity contribution is 5.82. The Balaban J connectivity index is 1.50. The van der Waals surface area contributed by atoms with Gasteiger partial charge in [0.05, 0.1) is 19.2 Å². The lowest BCUT2D eigenvalue weighted by atomic mass is 10.0. The third-order valence-electron chi connectivity index (χ3n) is 6.94. The van der Waals surface area contributed by atoms with Crippen molar-refractivity contribution < 1.29 is 4.74 Å². The van der Waals surface area contributed by atoms with Crippen LogP contribution in [0.15, 0.2) is 77.6 Å². The standard InChI is InChI=1S/C28H26N6O2/c1-18-6-5-8-21-16-23(28(35)29-25(18)21)26(33-15-14-20-7-3-4-9-24(20)33)27-30-31-32-34(27)17-19-10-12-22(36-2)13-11-19/h3-13,16,26H,14-15,17H2,1-2H3,(H,29,35)/t26-/m0/s1. The number of methoxy groups -OCH3 is 1. The molecule has 0 amide bonds. The van der Waals surface area contributed by atoms with E-state index in [1.807, 2.05) is 61.5 Å². The van der Waals surface area contributed by atoms with Crippen molar-refractivity contribution in [2.75, 3.05) is 18.6 Å². The fourth-order valence-corrected chi connectivity index (χ4v) is 5.11. The first-order valence-corrected chi connectivity index (χ1v) is 12.0. The van der Waals surface area contributed by atoms with E-state index in [-0.39, 0.29) is 5.56 Å². The zero-order valence-electron chi connectivity index (χ0n) is 20.2. The van der Waals surface area contributed by atoms with Crippen LogP contribution in [0.4, 0.5) is 5.69 Å². The number of hydrogen-bond donors (Lipinski definition) is 1. The van der Waals surface area contributed by atoms with Crippen LogP contribution in [0.1, 0.15) is 34.1 Å². The molecule has 1 N–H and O–H groups in total. The molecule has 8 heteroatoms. The molecule has 1 aliphatic rings. The number of H-pyrrole nitrogens is 1. The number of ether oxygens (including phenoxy) is 1. The van der Waals surface area contributed by atoms with Crippen LogP contribution >= 0.6 is 0 Å². The largest absolute Gasteiger partial charge is 0.497 e. The van der Waals surface area contributed by atoms with E-state index in [4.69, 9.17) is 4.74 Å². The monoisotopic (exact) mass is 478 g/mol. The Morgan fingerprint density at radius 3 is 2.72 bits per heavy atom. The fraction of sp³-hybridized carbons (Fsp3) is 0.214. The molecule has 0 unspecified atom stereocenters. The zero-order chi connectivity index (χ0) is 24.6. The average Bonchev–Trinajstić information content (AvgIpc) is 3.53. The maximum atomic E-state index is 13.6. The number of pyridine rings is 1. The molecular formula is C28H26N6O2. The molecule has 0 fully saturated rings. The summed E-state index contributed by atoms with van der Waals surface area (Å²) >= 11 is 0. The van der Waals surface area contributed by atoms with E-state index in [2.05, 4.69) is 43.6 Å². The predicted molar refractivity (Wildman–Crippen MR) is 139 cm³/mol. The quantitative estimate of drug-likeness (QED) is 0.396. The van der Waals surface area contributed by atoms with Crippen LogP contribution in [0.3, 0.4) is 0 Å². The van der Waals surface area contributed by atoms with Gasteiger partial charge in [-0.25, -0.2) is 4.68 Å². The lowest BCUT2D eigenvalue weighted by Gasteiger charge is -2.29. The van der Waals surface area contributed by atoms with Gasteiger partial charge in [0.2, 0.25) is 0 Å². The van der Waals surface area contributed by atoms with Gasteiger partial charge < -0.3 is 14.6 Å². The van der Waals surface area contributed by atoms with Crippen LogP contribution in [-0.2, 0) is 13.0 Å². The summed E-state index contributed by atoms with van der Waals surface area (Å²) in [6, 6.07) is 23.7.